The van der Waals surface area contributed by atoms with Gasteiger partial charge >= 0.3 is 0 Å². The van der Waals surface area contributed by atoms with E-state index in [-0.39, 0.29) is 23.7 Å². The first-order valence-electron chi connectivity index (χ1n) is 11.6. The second kappa shape index (κ2) is 11.4. The van der Waals surface area contributed by atoms with Crippen LogP contribution in [0.25, 0.3) is 11.1 Å². The first-order chi connectivity index (χ1) is 15.9. The summed E-state index contributed by atoms with van der Waals surface area (Å²) in [5.41, 5.74) is 4.56. The highest BCUT2D eigenvalue weighted by atomic mass is 32.2. The fourth-order valence-electron chi connectivity index (χ4n) is 4.48. The number of carbonyl (C=O) groups excluding carboxylic acids is 1. The lowest BCUT2D eigenvalue weighted by molar-refractivity contribution is -0.132. The molecule has 5 nitrogen and oxygen atoms in total. The molecule has 1 N–H and O–H groups in total. The van der Waals surface area contributed by atoms with Gasteiger partial charge in [0.15, 0.2) is 0 Å². The van der Waals surface area contributed by atoms with Crippen molar-refractivity contribution in [2.75, 3.05) is 12.3 Å². The van der Waals surface area contributed by atoms with Crippen molar-refractivity contribution in [3.63, 3.8) is 0 Å². The van der Waals surface area contributed by atoms with Crippen molar-refractivity contribution in [2.24, 2.45) is 0 Å². The zero-order valence-electron chi connectivity index (χ0n) is 19.4. The van der Waals surface area contributed by atoms with E-state index in [1.165, 1.54) is 5.56 Å². The molecule has 176 valence electrons. The topological polar surface area (TPSA) is 66.5 Å². The zero-order valence-corrected chi connectivity index (χ0v) is 20.2. The number of nitrogens with zero attached hydrogens (tertiary/aromatic N) is 1. The van der Waals surface area contributed by atoms with Gasteiger partial charge in [0.25, 0.3) is 0 Å². The van der Waals surface area contributed by atoms with Crippen molar-refractivity contribution < 1.29 is 13.2 Å². The molecule has 2 atom stereocenters. The van der Waals surface area contributed by atoms with Gasteiger partial charge in [0.1, 0.15) is 0 Å². The van der Waals surface area contributed by atoms with Crippen LogP contribution in [-0.4, -0.2) is 43.6 Å². The van der Waals surface area contributed by atoms with E-state index in [1.54, 1.807) is 13.0 Å². The van der Waals surface area contributed by atoms with E-state index in [9.17, 15) is 13.2 Å². The van der Waals surface area contributed by atoms with E-state index in [0.717, 1.165) is 23.1 Å². The minimum atomic E-state index is -3.37. The van der Waals surface area contributed by atoms with Gasteiger partial charge in [0, 0.05) is 19.0 Å². The standard InChI is InChI=1S/C27H34N2O3S/c1-4-7-16-27(30)29-18-17-25(28-33(31,32)6-3)26(29)20-21-12-10-14-23(19-21)24-15-9-8-13-22(24)11-5-2/h4-5,8-10,12-15,19,25-26,28H,1-2,6-7,11,16-18,20H2,3H3. The van der Waals surface area contributed by atoms with Crippen LogP contribution in [0.15, 0.2) is 73.8 Å². The quantitative estimate of drug-likeness (QED) is 0.496. The molecule has 0 aliphatic carbocycles. The second-order valence-corrected chi connectivity index (χ2v) is 10.5. The number of allylic oxidation sites excluding steroid dienone is 2. The van der Waals surface area contributed by atoms with E-state index in [1.807, 2.05) is 29.2 Å². The second-order valence-electron chi connectivity index (χ2n) is 8.45. The summed E-state index contributed by atoms with van der Waals surface area (Å²) in [6, 6.07) is 16.1. The van der Waals surface area contributed by atoms with Gasteiger partial charge in [-0.1, -0.05) is 60.7 Å². The monoisotopic (exact) mass is 466 g/mol. The van der Waals surface area contributed by atoms with Gasteiger partial charge in [-0.05, 0) is 54.9 Å². The fraction of sp³-hybridized carbons (Fsp3) is 0.370. The van der Waals surface area contributed by atoms with Crippen molar-refractivity contribution >= 4 is 15.9 Å². The molecule has 0 bridgehead atoms. The smallest absolute Gasteiger partial charge is 0.223 e. The first-order valence-corrected chi connectivity index (χ1v) is 13.2. The highest BCUT2D eigenvalue weighted by molar-refractivity contribution is 7.89. The van der Waals surface area contributed by atoms with Crippen molar-refractivity contribution in [3.05, 3.63) is 85.0 Å². The van der Waals surface area contributed by atoms with Gasteiger partial charge in [-0.2, -0.15) is 0 Å². The summed E-state index contributed by atoms with van der Waals surface area (Å²) in [5, 5.41) is 0. The van der Waals surface area contributed by atoms with E-state index in [0.29, 0.717) is 32.2 Å². The molecule has 1 saturated heterocycles. The van der Waals surface area contributed by atoms with Crippen LogP contribution in [0.1, 0.15) is 37.3 Å². The largest absolute Gasteiger partial charge is 0.338 e. The Morgan fingerprint density at radius 1 is 1.15 bits per heavy atom. The summed E-state index contributed by atoms with van der Waals surface area (Å²) in [6.45, 7) is 9.76. The lowest BCUT2D eigenvalue weighted by Gasteiger charge is -2.29. The van der Waals surface area contributed by atoms with Gasteiger partial charge in [0.05, 0.1) is 11.8 Å². The Balaban J connectivity index is 1.89. The minimum absolute atomic E-state index is 0.0240. The third kappa shape index (κ3) is 6.42. The molecule has 1 fully saturated rings. The summed E-state index contributed by atoms with van der Waals surface area (Å²) in [4.78, 5) is 14.7. The average molecular weight is 467 g/mol. The lowest BCUT2D eigenvalue weighted by atomic mass is 9.94. The zero-order chi connectivity index (χ0) is 23.8. The molecule has 2 unspecified atom stereocenters. The molecule has 1 amide bonds. The number of rotatable bonds is 11. The van der Waals surface area contributed by atoms with Gasteiger partial charge in [0.2, 0.25) is 15.9 Å². The third-order valence-electron chi connectivity index (χ3n) is 6.20. The predicted octanol–water partition coefficient (Wildman–Crippen LogP) is 4.50. The Kier molecular flexibility index (Phi) is 8.64. The number of carbonyl (C=O) groups is 1. The van der Waals surface area contributed by atoms with Gasteiger partial charge in [-0.3, -0.25) is 4.79 Å². The van der Waals surface area contributed by atoms with Crippen LogP contribution in [0, 0.1) is 0 Å². The minimum Gasteiger partial charge on any atom is -0.338 e. The van der Waals surface area contributed by atoms with Crippen LogP contribution in [-0.2, 0) is 27.7 Å². The van der Waals surface area contributed by atoms with Crippen molar-refractivity contribution in [1.82, 2.24) is 9.62 Å². The van der Waals surface area contributed by atoms with E-state index < -0.39 is 10.0 Å². The Morgan fingerprint density at radius 3 is 2.67 bits per heavy atom. The van der Waals surface area contributed by atoms with Crippen LogP contribution in [0.2, 0.25) is 0 Å². The summed E-state index contributed by atoms with van der Waals surface area (Å²) in [6.07, 6.45) is 6.64. The number of sulfonamides is 1. The Bertz CT molecular complexity index is 1090. The average Bonchev–Trinajstić information content (AvgIpc) is 3.19. The third-order valence-corrected chi connectivity index (χ3v) is 7.63. The molecule has 2 aromatic rings. The summed E-state index contributed by atoms with van der Waals surface area (Å²) in [7, 11) is -3.37. The first kappa shape index (κ1) is 24.9. The summed E-state index contributed by atoms with van der Waals surface area (Å²) >= 11 is 0. The van der Waals surface area contributed by atoms with Crippen molar-refractivity contribution in [3.8, 4) is 11.1 Å². The number of amides is 1. The van der Waals surface area contributed by atoms with Crippen molar-refractivity contribution in [1.29, 1.82) is 0 Å². The van der Waals surface area contributed by atoms with Crippen LogP contribution in [0.4, 0.5) is 0 Å². The molecular formula is C27H34N2O3S. The number of likely N-dealkylation sites (tertiary alicyclic amines) is 1. The maximum Gasteiger partial charge on any atom is 0.223 e. The van der Waals surface area contributed by atoms with Crippen molar-refractivity contribution in [2.45, 2.75) is 51.1 Å². The summed E-state index contributed by atoms with van der Waals surface area (Å²) in [5.74, 6) is 0.0708. The summed E-state index contributed by atoms with van der Waals surface area (Å²) < 4.78 is 27.4. The number of nitrogens with one attached hydrogen (secondary N) is 1. The molecule has 0 spiro atoms. The molecule has 2 aromatic carbocycles. The number of hydrogen-bond donors (Lipinski definition) is 1. The van der Waals surface area contributed by atoms with Crippen LogP contribution in [0.5, 0.6) is 0 Å². The van der Waals surface area contributed by atoms with Crippen LogP contribution in [0.3, 0.4) is 0 Å². The molecule has 33 heavy (non-hydrogen) atoms. The molecule has 1 heterocycles. The normalized spacial score (nSPS) is 18.3. The van der Waals surface area contributed by atoms with E-state index >= 15 is 0 Å². The maximum atomic E-state index is 12.9. The Morgan fingerprint density at radius 2 is 1.94 bits per heavy atom. The highest BCUT2D eigenvalue weighted by Crippen LogP contribution is 2.28. The molecule has 6 heteroatoms. The van der Waals surface area contributed by atoms with Gasteiger partial charge in [-0.25, -0.2) is 13.1 Å². The molecule has 3 rings (SSSR count). The number of hydrogen-bond acceptors (Lipinski definition) is 3. The van der Waals surface area contributed by atoms with E-state index in [4.69, 9.17) is 0 Å². The molecular weight excluding hydrogens is 432 g/mol. The maximum absolute atomic E-state index is 12.9. The lowest BCUT2D eigenvalue weighted by Crippen LogP contribution is -2.48. The van der Waals surface area contributed by atoms with E-state index in [2.05, 4.69) is 48.2 Å². The fourth-order valence-corrected chi connectivity index (χ4v) is 5.38. The van der Waals surface area contributed by atoms with Gasteiger partial charge in [-0.15, -0.1) is 13.2 Å². The molecule has 1 aliphatic rings. The SMILES string of the molecule is C=CCCC(=O)N1CCC(NS(=O)(=O)CC)C1Cc1cccc(-c2ccccc2CC=C)c1. The van der Waals surface area contributed by atoms with Crippen LogP contribution >= 0.6 is 0 Å². The Labute approximate surface area is 198 Å². The number of benzene rings is 2. The molecule has 0 saturated carbocycles. The van der Waals surface area contributed by atoms with Crippen LogP contribution < -0.4 is 4.72 Å². The molecule has 0 radical (unpaired) electrons. The predicted molar refractivity (Wildman–Crippen MR) is 135 cm³/mol. The highest BCUT2D eigenvalue weighted by Gasteiger charge is 2.38. The van der Waals surface area contributed by atoms with Gasteiger partial charge < -0.3 is 4.90 Å². The molecule has 0 aromatic heterocycles. The Hall–Kier alpha value is -2.70. The molecule has 1 aliphatic heterocycles.